The third kappa shape index (κ3) is 11.0. The number of rotatable bonds is 9. The van der Waals surface area contributed by atoms with Gasteiger partial charge in [0.05, 0.1) is 0 Å². The largest absolute Gasteiger partial charge is 0.356 e. The van der Waals surface area contributed by atoms with E-state index in [2.05, 4.69) is 62.0 Å². The molecule has 26 heavy (non-hydrogen) atoms. The lowest BCUT2D eigenvalue weighted by Gasteiger charge is -2.18. The van der Waals surface area contributed by atoms with Crippen molar-refractivity contribution in [1.82, 2.24) is 16.0 Å². The van der Waals surface area contributed by atoms with Gasteiger partial charge < -0.3 is 16.0 Å². The summed E-state index contributed by atoms with van der Waals surface area (Å²) in [7, 11) is 1.75. The maximum absolute atomic E-state index is 11.7. The van der Waals surface area contributed by atoms with Crippen molar-refractivity contribution < 1.29 is 4.79 Å². The highest BCUT2D eigenvalue weighted by atomic mass is 127. The van der Waals surface area contributed by atoms with Gasteiger partial charge in [0.1, 0.15) is 0 Å². The number of aliphatic imine (C=N–C) groups is 1. The molecule has 0 bridgehead atoms. The molecule has 0 saturated heterocycles. The molecule has 7 heteroatoms. The highest BCUT2D eigenvalue weighted by Gasteiger charge is 2.10. The predicted molar refractivity (Wildman–Crippen MR) is 124 cm³/mol. The van der Waals surface area contributed by atoms with Crippen LogP contribution >= 0.6 is 39.9 Å². The number of benzene rings is 1. The minimum absolute atomic E-state index is 0. The van der Waals surface area contributed by atoms with Crippen molar-refractivity contribution >= 4 is 51.8 Å². The van der Waals surface area contributed by atoms with Gasteiger partial charge in [0.15, 0.2) is 5.96 Å². The fraction of sp³-hybridized carbons (Fsp3) is 0.579. The first-order valence-electron chi connectivity index (χ1n) is 8.92. The lowest BCUT2D eigenvalue weighted by Crippen LogP contribution is -2.42. The van der Waals surface area contributed by atoms with Crippen molar-refractivity contribution in [2.24, 2.45) is 10.9 Å². The van der Waals surface area contributed by atoms with E-state index in [9.17, 15) is 4.79 Å². The van der Waals surface area contributed by atoms with Crippen LogP contribution < -0.4 is 16.0 Å². The van der Waals surface area contributed by atoms with Crippen molar-refractivity contribution in [3.8, 4) is 0 Å². The minimum atomic E-state index is 0. The lowest BCUT2D eigenvalue weighted by molar-refractivity contribution is -0.121. The number of hydrogen-bond donors (Lipinski definition) is 3. The van der Waals surface area contributed by atoms with Gasteiger partial charge in [-0.2, -0.15) is 0 Å². The quantitative estimate of drug-likeness (QED) is 0.255. The Morgan fingerprint density at radius 1 is 1.27 bits per heavy atom. The van der Waals surface area contributed by atoms with E-state index in [1.807, 2.05) is 19.9 Å². The van der Waals surface area contributed by atoms with Crippen molar-refractivity contribution in [3.05, 3.63) is 34.3 Å². The van der Waals surface area contributed by atoms with Crippen LogP contribution in [0.3, 0.4) is 0 Å². The molecule has 1 aromatic carbocycles. The molecular formula is C19H32BrIN4O. The molecule has 1 amide bonds. The van der Waals surface area contributed by atoms with E-state index in [1.165, 1.54) is 5.56 Å². The number of halogens is 2. The molecule has 148 valence electrons. The van der Waals surface area contributed by atoms with Crippen LogP contribution in [0.1, 0.15) is 39.2 Å². The van der Waals surface area contributed by atoms with Gasteiger partial charge in [-0.25, -0.2) is 0 Å². The van der Waals surface area contributed by atoms with Crippen molar-refractivity contribution in [3.63, 3.8) is 0 Å². The minimum Gasteiger partial charge on any atom is -0.356 e. The Balaban J connectivity index is 0.00000625. The zero-order chi connectivity index (χ0) is 18.7. The van der Waals surface area contributed by atoms with Gasteiger partial charge in [-0.05, 0) is 43.9 Å². The van der Waals surface area contributed by atoms with Crippen LogP contribution in [-0.4, -0.2) is 38.0 Å². The predicted octanol–water partition coefficient (Wildman–Crippen LogP) is 3.72. The molecule has 1 unspecified atom stereocenters. The van der Waals surface area contributed by atoms with Crippen LogP contribution in [0.4, 0.5) is 0 Å². The lowest BCUT2D eigenvalue weighted by atomic mass is 9.97. The van der Waals surface area contributed by atoms with Crippen LogP contribution in [-0.2, 0) is 11.2 Å². The summed E-state index contributed by atoms with van der Waals surface area (Å²) >= 11 is 3.52. The summed E-state index contributed by atoms with van der Waals surface area (Å²) in [5, 5.41) is 9.44. The zero-order valence-electron chi connectivity index (χ0n) is 16.1. The molecule has 1 aromatic rings. The molecule has 0 aromatic heterocycles. The van der Waals surface area contributed by atoms with Crippen molar-refractivity contribution in [1.29, 1.82) is 0 Å². The molecule has 0 aliphatic carbocycles. The van der Waals surface area contributed by atoms with E-state index in [1.54, 1.807) is 7.05 Å². The second kappa shape index (κ2) is 14.3. The summed E-state index contributed by atoms with van der Waals surface area (Å²) in [6, 6.07) is 8.62. The second-order valence-electron chi connectivity index (χ2n) is 6.46. The van der Waals surface area contributed by atoms with Gasteiger partial charge in [-0.1, -0.05) is 41.4 Å². The summed E-state index contributed by atoms with van der Waals surface area (Å²) in [6.07, 6.45) is 2.55. The molecule has 1 rings (SSSR count). The number of nitrogens with one attached hydrogen (secondary N) is 3. The maximum Gasteiger partial charge on any atom is 0.221 e. The number of nitrogens with zero attached hydrogens (tertiary/aromatic N) is 1. The van der Waals surface area contributed by atoms with Gasteiger partial charge >= 0.3 is 0 Å². The fourth-order valence-electron chi connectivity index (χ4n) is 2.51. The van der Waals surface area contributed by atoms with Crippen LogP contribution in [0.5, 0.6) is 0 Å². The molecule has 0 fully saturated rings. The molecule has 0 aliphatic rings. The molecule has 0 heterocycles. The first kappa shape index (κ1) is 25.2. The van der Waals surface area contributed by atoms with Gasteiger partial charge in [0.25, 0.3) is 0 Å². The molecule has 0 saturated carbocycles. The standard InChI is InChI=1S/C19H31BrN4O.HI/c1-5-15(11-16-7-6-8-17(20)12-16)13-23-19(21-4)22-10-9-18(25)24-14(2)3;/h6-8,12,14-15H,5,9-11,13H2,1-4H3,(H,24,25)(H2,21,22,23);1H. The summed E-state index contributed by atoms with van der Waals surface area (Å²) in [4.78, 5) is 15.9. The first-order valence-corrected chi connectivity index (χ1v) is 9.72. The average Bonchev–Trinajstić information content (AvgIpc) is 2.56. The number of carbonyl (C=O) groups excluding carboxylic acids is 1. The Bertz CT molecular complexity index is 566. The van der Waals surface area contributed by atoms with Crippen LogP contribution in [0, 0.1) is 5.92 Å². The highest BCUT2D eigenvalue weighted by Crippen LogP contribution is 2.16. The smallest absolute Gasteiger partial charge is 0.221 e. The molecule has 3 N–H and O–H groups in total. The zero-order valence-corrected chi connectivity index (χ0v) is 20.1. The Labute approximate surface area is 183 Å². The van der Waals surface area contributed by atoms with Gasteiger partial charge in [-0.3, -0.25) is 9.79 Å². The van der Waals surface area contributed by atoms with Crippen LogP contribution in [0.2, 0.25) is 0 Å². The van der Waals surface area contributed by atoms with E-state index in [4.69, 9.17) is 0 Å². The summed E-state index contributed by atoms with van der Waals surface area (Å²) < 4.78 is 1.12. The van der Waals surface area contributed by atoms with E-state index >= 15 is 0 Å². The number of amides is 1. The third-order valence-corrected chi connectivity index (χ3v) is 4.36. The normalized spacial score (nSPS) is 12.3. The Kier molecular flexibility index (Phi) is 13.8. The number of carbonyl (C=O) groups is 1. The summed E-state index contributed by atoms with van der Waals surface area (Å²) in [5.74, 6) is 1.32. The second-order valence-corrected chi connectivity index (χ2v) is 7.38. The van der Waals surface area contributed by atoms with Crippen molar-refractivity contribution in [2.45, 2.75) is 46.1 Å². The van der Waals surface area contributed by atoms with E-state index in [0.29, 0.717) is 18.9 Å². The molecule has 1 atom stereocenters. The average molecular weight is 539 g/mol. The van der Waals surface area contributed by atoms with E-state index < -0.39 is 0 Å². The van der Waals surface area contributed by atoms with Gasteiger partial charge in [0, 0.05) is 37.1 Å². The summed E-state index contributed by atoms with van der Waals surface area (Å²) in [6.45, 7) is 7.54. The number of hydrogen-bond acceptors (Lipinski definition) is 2. The fourth-order valence-corrected chi connectivity index (χ4v) is 2.95. The van der Waals surface area contributed by atoms with Crippen LogP contribution in [0.15, 0.2) is 33.7 Å². The van der Waals surface area contributed by atoms with E-state index in [0.717, 1.165) is 29.8 Å². The summed E-state index contributed by atoms with van der Waals surface area (Å²) in [5.41, 5.74) is 1.33. The molecular weight excluding hydrogens is 507 g/mol. The topological polar surface area (TPSA) is 65.5 Å². The third-order valence-electron chi connectivity index (χ3n) is 3.87. The van der Waals surface area contributed by atoms with Crippen LogP contribution in [0.25, 0.3) is 0 Å². The Morgan fingerprint density at radius 3 is 2.58 bits per heavy atom. The van der Waals surface area contributed by atoms with Gasteiger partial charge in [-0.15, -0.1) is 24.0 Å². The number of guanidine groups is 1. The Hall–Kier alpha value is -0.830. The van der Waals surface area contributed by atoms with Gasteiger partial charge in [0.2, 0.25) is 5.91 Å². The van der Waals surface area contributed by atoms with E-state index in [-0.39, 0.29) is 35.9 Å². The monoisotopic (exact) mass is 538 g/mol. The Morgan fingerprint density at radius 2 is 2.00 bits per heavy atom. The SMILES string of the molecule is CCC(CNC(=NC)NCCC(=O)NC(C)C)Cc1cccc(Br)c1.I. The molecule has 0 spiro atoms. The molecule has 5 nitrogen and oxygen atoms in total. The van der Waals surface area contributed by atoms with Crippen molar-refractivity contribution in [2.75, 3.05) is 20.1 Å². The highest BCUT2D eigenvalue weighted by molar-refractivity contribution is 14.0. The first-order chi connectivity index (χ1) is 11.9. The maximum atomic E-state index is 11.7. The molecule has 0 aliphatic heterocycles. The molecule has 0 radical (unpaired) electrons.